The summed E-state index contributed by atoms with van der Waals surface area (Å²) in [7, 11) is -3.43. The Hall–Kier alpha value is -1.90. The Morgan fingerprint density at radius 1 is 1.38 bits per heavy atom. The van der Waals surface area contributed by atoms with Gasteiger partial charge < -0.3 is 10.6 Å². The van der Waals surface area contributed by atoms with E-state index in [4.69, 9.17) is 5.73 Å². The van der Waals surface area contributed by atoms with Crippen LogP contribution in [0, 0.1) is 11.8 Å². The second-order valence-corrected chi connectivity index (χ2v) is 10.2. The highest BCUT2D eigenvalue weighted by molar-refractivity contribution is 7.93. The minimum absolute atomic E-state index is 0.0281. The summed E-state index contributed by atoms with van der Waals surface area (Å²) in [5.74, 6) is -1.19. The topological polar surface area (TPSA) is 115 Å². The van der Waals surface area contributed by atoms with E-state index in [2.05, 4.69) is 18.9 Å². The Labute approximate surface area is 153 Å². The molecule has 1 atom stereocenters. The van der Waals surface area contributed by atoms with E-state index in [1.54, 1.807) is 6.20 Å². The van der Waals surface area contributed by atoms with Crippen molar-refractivity contribution in [2.45, 2.75) is 44.9 Å². The highest BCUT2D eigenvalue weighted by Crippen LogP contribution is 2.45. The summed E-state index contributed by atoms with van der Waals surface area (Å²) in [6.07, 6.45) is 2.46. The third-order valence-electron chi connectivity index (χ3n) is 5.53. The van der Waals surface area contributed by atoms with E-state index in [9.17, 15) is 18.0 Å². The second kappa shape index (κ2) is 6.37. The molecule has 0 aromatic carbocycles. The van der Waals surface area contributed by atoms with E-state index in [1.165, 1.54) is 4.90 Å². The Bertz CT molecular complexity index is 837. The van der Waals surface area contributed by atoms with E-state index in [0.717, 1.165) is 12.2 Å². The number of likely N-dealkylation sites (tertiary alicyclic amines) is 1. The molecule has 3 heterocycles. The van der Waals surface area contributed by atoms with Crippen molar-refractivity contribution in [2.75, 3.05) is 18.8 Å². The first-order valence-corrected chi connectivity index (χ1v) is 10.6. The van der Waals surface area contributed by atoms with Gasteiger partial charge in [-0.25, -0.2) is 8.42 Å². The molecule has 2 N–H and O–H groups in total. The normalized spacial score (nSPS) is 23.4. The summed E-state index contributed by atoms with van der Waals surface area (Å²) in [5.41, 5.74) is 6.77. The zero-order valence-corrected chi connectivity index (χ0v) is 16.3. The summed E-state index contributed by atoms with van der Waals surface area (Å²) < 4.78 is 25.6. The number of hydrogen-bond acceptors (Lipinski definition) is 5. The van der Waals surface area contributed by atoms with Crippen molar-refractivity contribution in [3.05, 3.63) is 17.5 Å². The molecule has 1 aromatic rings. The molecule has 1 spiro atoms. The minimum atomic E-state index is -3.43. The largest absolute Gasteiger partial charge is 0.369 e. The molecule has 0 radical (unpaired) electrons. The van der Waals surface area contributed by atoms with Gasteiger partial charge in [0, 0.05) is 19.6 Å². The lowest BCUT2D eigenvalue weighted by atomic mass is 9.82. The standard InChI is InChI=1S/C17H26N4O4S/c1-4-14-12(7-19-21(14)8-11(2)3)16(23)20-9-17(10-20)13(15(18)22)5-6-26(17,24)25/h7,11,13H,4-6,8-10H2,1-3H3,(H2,18,22). The molecule has 9 heteroatoms. The van der Waals surface area contributed by atoms with Crippen LogP contribution in [0.2, 0.25) is 0 Å². The number of hydrogen-bond donors (Lipinski definition) is 1. The lowest BCUT2D eigenvalue weighted by Crippen LogP contribution is -2.69. The number of carbonyl (C=O) groups is 2. The molecule has 2 aliphatic heterocycles. The van der Waals surface area contributed by atoms with E-state index < -0.39 is 26.4 Å². The van der Waals surface area contributed by atoms with Crippen LogP contribution in [-0.2, 0) is 27.6 Å². The molecule has 0 saturated carbocycles. The number of nitrogens with zero attached hydrogens (tertiary/aromatic N) is 3. The molecule has 144 valence electrons. The van der Waals surface area contributed by atoms with Gasteiger partial charge in [0.15, 0.2) is 9.84 Å². The molecule has 3 rings (SSSR count). The third kappa shape index (κ3) is 2.72. The summed E-state index contributed by atoms with van der Waals surface area (Å²) in [6.45, 7) is 6.90. The number of rotatable bonds is 5. The van der Waals surface area contributed by atoms with Crippen LogP contribution in [0.5, 0.6) is 0 Å². The van der Waals surface area contributed by atoms with Crippen LogP contribution < -0.4 is 5.73 Å². The number of carbonyl (C=O) groups excluding carboxylic acids is 2. The van der Waals surface area contributed by atoms with Crippen LogP contribution in [0.15, 0.2) is 6.20 Å². The zero-order valence-electron chi connectivity index (χ0n) is 15.4. The van der Waals surface area contributed by atoms with Crippen molar-refractivity contribution in [2.24, 2.45) is 17.6 Å². The first-order valence-electron chi connectivity index (χ1n) is 8.98. The average molecular weight is 382 g/mol. The van der Waals surface area contributed by atoms with Gasteiger partial charge >= 0.3 is 0 Å². The van der Waals surface area contributed by atoms with Gasteiger partial charge in [0.2, 0.25) is 5.91 Å². The number of nitrogens with two attached hydrogens (primary N) is 1. The molecule has 2 saturated heterocycles. The Morgan fingerprint density at radius 3 is 2.58 bits per heavy atom. The number of aromatic nitrogens is 2. The van der Waals surface area contributed by atoms with Crippen LogP contribution in [0.4, 0.5) is 0 Å². The first kappa shape index (κ1) is 18.9. The van der Waals surface area contributed by atoms with Crippen molar-refractivity contribution in [3.63, 3.8) is 0 Å². The van der Waals surface area contributed by atoms with Gasteiger partial charge in [-0.2, -0.15) is 5.10 Å². The molecule has 1 unspecified atom stereocenters. The van der Waals surface area contributed by atoms with Crippen molar-refractivity contribution in [1.29, 1.82) is 0 Å². The fourth-order valence-electron chi connectivity index (χ4n) is 4.15. The molecular weight excluding hydrogens is 356 g/mol. The molecule has 0 bridgehead atoms. The van der Waals surface area contributed by atoms with Gasteiger partial charge in [-0.1, -0.05) is 20.8 Å². The van der Waals surface area contributed by atoms with E-state index in [-0.39, 0.29) is 31.2 Å². The summed E-state index contributed by atoms with van der Waals surface area (Å²) in [4.78, 5) is 26.1. The van der Waals surface area contributed by atoms with Crippen molar-refractivity contribution in [1.82, 2.24) is 14.7 Å². The van der Waals surface area contributed by atoms with Crippen LogP contribution >= 0.6 is 0 Å². The molecule has 8 nitrogen and oxygen atoms in total. The maximum absolute atomic E-state index is 12.9. The Morgan fingerprint density at radius 2 is 2.04 bits per heavy atom. The van der Waals surface area contributed by atoms with Gasteiger partial charge in [-0.05, 0) is 18.8 Å². The molecule has 2 aliphatic rings. The predicted octanol–water partition coefficient (Wildman–Crippen LogP) is 0.216. The zero-order chi connectivity index (χ0) is 19.3. The first-order chi connectivity index (χ1) is 12.1. The molecule has 2 fully saturated rings. The van der Waals surface area contributed by atoms with E-state index >= 15 is 0 Å². The number of primary amides is 1. The average Bonchev–Trinajstić information content (AvgIpc) is 3.01. The van der Waals surface area contributed by atoms with Crippen LogP contribution in [0.25, 0.3) is 0 Å². The maximum atomic E-state index is 12.9. The fraction of sp³-hybridized carbons (Fsp3) is 0.706. The number of amides is 2. The molecule has 0 aliphatic carbocycles. The Balaban J connectivity index is 1.82. The summed E-state index contributed by atoms with van der Waals surface area (Å²) in [6, 6.07) is 0. The quantitative estimate of drug-likeness (QED) is 0.782. The number of sulfone groups is 1. The minimum Gasteiger partial charge on any atom is -0.369 e. The van der Waals surface area contributed by atoms with Gasteiger partial charge in [0.1, 0.15) is 4.75 Å². The van der Waals surface area contributed by atoms with E-state index in [1.807, 2.05) is 11.6 Å². The summed E-state index contributed by atoms with van der Waals surface area (Å²) >= 11 is 0. The maximum Gasteiger partial charge on any atom is 0.257 e. The third-order valence-corrected chi connectivity index (χ3v) is 8.08. The summed E-state index contributed by atoms with van der Waals surface area (Å²) in [5, 5.41) is 4.33. The highest BCUT2D eigenvalue weighted by atomic mass is 32.2. The van der Waals surface area contributed by atoms with Crippen molar-refractivity contribution in [3.8, 4) is 0 Å². The van der Waals surface area contributed by atoms with Gasteiger partial charge in [-0.15, -0.1) is 0 Å². The van der Waals surface area contributed by atoms with Gasteiger partial charge in [0.25, 0.3) is 5.91 Å². The smallest absolute Gasteiger partial charge is 0.257 e. The molecule has 2 amide bonds. The monoisotopic (exact) mass is 382 g/mol. The van der Waals surface area contributed by atoms with Crippen molar-refractivity contribution >= 4 is 21.7 Å². The highest BCUT2D eigenvalue weighted by Gasteiger charge is 2.64. The van der Waals surface area contributed by atoms with Crippen LogP contribution in [0.3, 0.4) is 0 Å². The SMILES string of the molecule is CCc1c(C(=O)N2CC3(C2)C(C(N)=O)CCS3(=O)=O)cnn1CC(C)C. The molecule has 1 aromatic heterocycles. The predicted molar refractivity (Wildman–Crippen MR) is 96.2 cm³/mol. The lowest BCUT2D eigenvalue weighted by molar-refractivity contribution is -0.124. The van der Waals surface area contributed by atoms with E-state index in [0.29, 0.717) is 17.9 Å². The molecular formula is C17H26N4O4S. The van der Waals surface area contributed by atoms with Crippen molar-refractivity contribution < 1.29 is 18.0 Å². The molecule has 26 heavy (non-hydrogen) atoms. The van der Waals surface area contributed by atoms with Crippen LogP contribution in [0.1, 0.15) is 43.2 Å². The lowest BCUT2D eigenvalue weighted by Gasteiger charge is -2.49. The second-order valence-electron chi connectivity index (χ2n) is 7.72. The van der Waals surface area contributed by atoms with Gasteiger partial charge in [-0.3, -0.25) is 14.3 Å². The van der Waals surface area contributed by atoms with Gasteiger partial charge in [0.05, 0.1) is 29.1 Å². The van der Waals surface area contributed by atoms with Crippen LogP contribution in [-0.4, -0.2) is 58.5 Å². The Kier molecular flexibility index (Phi) is 4.62. The fourth-order valence-corrected chi connectivity index (χ4v) is 6.48.